The highest BCUT2D eigenvalue weighted by Gasteiger charge is 2.10. The van der Waals surface area contributed by atoms with Gasteiger partial charge in [0.2, 0.25) is 5.95 Å². The number of aryl methyl sites for hydroxylation is 2. The quantitative estimate of drug-likeness (QED) is 0.421. The van der Waals surface area contributed by atoms with Crippen LogP contribution in [0, 0.1) is 6.92 Å². The van der Waals surface area contributed by atoms with Crippen LogP contribution in [-0.2, 0) is 13.5 Å². The molecular weight excluding hydrogens is 360 g/mol. The van der Waals surface area contributed by atoms with Gasteiger partial charge in [-0.1, -0.05) is 6.07 Å². The number of rotatable bonds is 4. The molecule has 3 heterocycles. The van der Waals surface area contributed by atoms with Gasteiger partial charge in [-0.3, -0.25) is 0 Å². The minimum atomic E-state index is 0.258. The predicted molar refractivity (Wildman–Crippen MR) is 118 cm³/mol. The second-order valence-electron chi connectivity index (χ2n) is 7.42. The number of nitrogens with zero attached hydrogens (tertiary/aromatic N) is 3. The topological polar surface area (TPSA) is 84.6 Å². The van der Waals surface area contributed by atoms with Crippen LogP contribution in [0.5, 0.6) is 0 Å². The summed E-state index contributed by atoms with van der Waals surface area (Å²) in [6, 6.07) is 17.0. The number of hydrogen-bond donors (Lipinski definition) is 3. The summed E-state index contributed by atoms with van der Waals surface area (Å²) in [5.74, 6) is 0.993. The Morgan fingerprint density at radius 3 is 2.86 bits per heavy atom. The molecular formula is C23H22N6. The van der Waals surface area contributed by atoms with Gasteiger partial charge in [0, 0.05) is 59.2 Å². The Bertz CT molecular complexity index is 1340. The molecule has 2 aromatic carbocycles. The summed E-state index contributed by atoms with van der Waals surface area (Å²) in [4.78, 5) is 11.9. The summed E-state index contributed by atoms with van der Waals surface area (Å²) in [5.41, 5.74) is 12.6. The van der Waals surface area contributed by atoms with Crippen LogP contribution in [0.1, 0.15) is 16.8 Å². The van der Waals surface area contributed by atoms with Gasteiger partial charge in [0.15, 0.2) is 0 Å². The van der Waals surface area contributed by atoms with Crippen molar-refractivity contribution in [3.63, 3.8) is 0 Å². The molecule has 0 atom stereocenters. The summed E-state index contributed by atoms with van der Waals surface area (Å²) in [5, 5.41) is 5.82. The average molecular weight is 382 g/mol. The van der Waals surface area contributed by atoms with E-state index in [2.05, 4.69) is 87.3 Å². The Balaban J connectivity index is 1.49. The van der Waals surface area contributed by atoms with Crippen LogP contribution in [0.25, 0.3) is 21.8 Å². The Labute approximate surface area is 168 Å². The number of aromatic amines is 1. The maximum absolute atomic E-state index is 5.88. The maximum Gasteiger partial charge on any atom is 0.221 e. The van der Waals surface area contributed by atoms with Crippen molar-refractivity contribution < 1.29 is 0 Å². The molecule has 5 aromatic rings. The largest absolute Gasteiger partial charge is 0.368 e. The van der Waals surface area contributed by atoms with E-state index in [0.717, 1.165) is 29.0 Å². The number of nitrogens with two attached hydrogens (primary N) is 1. The number of aromatic nitrogens is 4. The number of nitrogen functional groups attached to an aromatic ring is 1. The maximum atomic E-state index is 5.88. The SMILES string of the molecule is Cc1cc2cc(Nc3nc(N)ncc3Cc3ccc4[nH]ccc4c3)ccc2n1C. The Kier molecular flexibility index (Phi) is 3.98. The lowest BCUT2D eigenvalue weighted by atomic mass is 10.0. The van der Waals surface area contributed by atoms with Crippen molar-refractivity contribution in [2.75, 3.05) is 11.1 Å². The molecule has 0 spiro atoms. The summed E-state index contributed by atoms with van der Waals surface area (Å²) in [6.07, 6.45) is 4.47. The second kappa shape index (κ2) is 6.67. The van der Waals surface area contributed by atoms with E-state index in [1.54, 1.807) is 6.20 Å². The number of anilines is 3. The van der Waals surface area contributed by atoms with Gasteiger partial charge >= 0.3 is 0 Å². The van der Waals surface area contributed by atoms with E-state index >= 15 is 0 Å². The predicted octanol–water partition coefficient (Wildman–Crippen LogP) is 4.67. The highest BCUT2D eigenvalue weighted by atomic mass is 15.1. The van der Waals surface area contributed by atoms with Gasteiger partial charge in [-0.25, -0.2) is 4.98 Å². The molecule has 0 bridgehead atoms. The second-order valence-corrected chi connectivity index (χ2v) is 7.42. The Hall–Kier alpha value is -3.80. The highest BCUT2D eigenvalue weighted by molar-refractivity contribution is 5.85. The molecule has 0 unspecified atom stereocenters. The molecule has 0 fully saturated rings. The number of H-pyrrole nitrogens is 1. The van der Waals surface area contributed by atoms with Crippen LogP contribution in [0.4, 0.5) is 17.5 Å². The fourth-order valence-corrected chi connectivity index (χ4v) is 3.79. The minimum Gasteiger partial charge on any atom is -0.368 e. The van der Waals surface area contributed by atoms with Crippen molar-refractivity contribution in [2.24, 2.45) is 7.05 Å². The Morgan fingerprint density at radius 1 is 1.07 bits per heavy atom. The van der Waals surface area contributed by atoms with Crippen molar-refractivity contribution in [1.82, 2.24) is 19.5 Å². The van der Waals surface area contributed by atoms with Gasteiger partial charge in [-0.2, -0.15) is 4.98 Å². The van der Waals surface area contributed by atoms with Gasteiger partial charge in [-0.05, 0) is 60.3 Å². The standard InChI is InChI=1S/C23H22N6/c1-14-9-17-12-19(4-6-21(17)29(14)2)27-22-18(13-26-23(24)28-22)11-15-3-5-20-16(10-15)7-8-25-20/h3-10,12-13,25H,11H2,1-2H3,(H3,24,26,27,28). The molecule has 6 heteroatoms. The lowest BCUT2D eigenvalue weighted by molar-refractivity contribution is 0.918. The third kappa shape index (κ3) is 3.18. The van der Waals surface area contributed by atoms with E-state index in [1.807, 2.05) is 6.20 Å². The van der Waals surface area contributed by atoms with Crippen molar-refractivity contribution in [1.29, 1.82) is 0 Å². The zero-order chi connectivity index (χ0) is 20.0. The fourth-order valence-electron chi connectivity index (χ4n) is 3.79. The van der Waals surface area contributed by atoms with E-state index in [4.69, 9.17) is 5.73 Å². The summed E-state index contributed by atoms with van der Waals surface area (Å²) in [7, 11) is 2.08. The molecule has 0 aliphatic rings. The molecule has 0 saturated heterocycles. The smallest absolute Gasteiger partial charge is 0.221 e. The van der Waals surface area contributed by atoms with Crippen LogP contribution in [0.3, 0.4) is 0 Å². The number of fused-ring (bicyclic) bond motifs is 2. The van der Waals surface area contributed by atoms with Crippen LogP contribution in [0.15, 0.2) is 60.9 Å². The number of nitrogens with one attached hydrogen (secondary N) is 2. The molecule has 29 heavy (non-hydrogen) atoms. The third-order valence-corrected chi connectivity index (χ3v) is 5.44. The first kappa shape index (κ1) is 17.3. The highest BCUT2D eigenvalue weighted by Crippen LogP contribution is 2.27. The molecule has 6 nitrogen and oxygen atoms in total. The molecule has 5 rings (SSSR count). The summed E-state index contributed by atoms with van der Waals surface area (Å²) < 4.78 is 2.18. The van der Waals surface area contributed by atoms with E-state index in [1.165, 1.54) is 27.5 Å². The first-order valence-corrected chi connectivity index (χ1v) is 9.57. The van der Waals surface area contributed by atoms with Crippen LogP contribution < -0.4 is 11.1 Å². The molecule has 144 valence electrons. The number of hydrogen-bond acceptors (Lipinski definition) is 4. The summed E-state index contributed by atoms with van der Waals surface area (Å²) in [6.45, 7) is 2.11. The van der Waals surface area contributed by atoms with Gasteiger partial charge in [0.05, 0.1) is 0 Å². The molecule has 0 aliphatic heterocycles. The van der Waals surface area contributed by atoms with Crippen LogP contribution >= 0.6 is 0 Å². The first-order valence-electron chi connectivity index (χ1n) is 9.57. The number of benzene rings is 2. The zero-order valence-corrected chi connectivity index (χ0v) is 16.4. The molecule has 3 aromatic heterocycles. The average Bonchev–Trinajstić information content (AvgIpc) is 3.28. The molecule has 4 N–H and O–H groups in total. The third-order valence-electron chi connectivity index (χ3n) is 5.44. The van der Waals surface area contributed by atoms with Crippen LogP contribution in [0.2, 0.25) is 0 Å². The molecule has 0 radical (unpaired) electrons. The summed E-state index contributed by atoms with van der Waals surface area (Å²) >= 11 is 0. The molecule has 0 saturated carbocycles. The first-order chi connectivity index (χ1) is 14.1. The zero-order valence-electron chi connectivity index (χ0n) is 16.4. The lowest BCUT2D eigenvalue weighted by Gasteiger charge is -2.12. The molecule has 0 amide bonds. The van der Waals surface area contributed by atoms with Crippen molar-refractivity contribution in [3.05, 3.63) is 77.7 Å². The van der Waals surface area contributed by atoms with Gasteiger partial charge in [-0.15, -0.1) is 0 Å². The minimum absolute atomic E-state index is 0.258. The van der Waals surface area contributed by atoms with Gasteiger partial charge in [0.1, 0.15) is 5.82 Å². The van der Waals surface area contributed by atoms with Crippen molar-refractivity contribution in [3.8, 4) is 0 Å². The van der Waals surface area contributed by atoms with Crippen molar-refractivity contribution in [2.45, 2.75) is 13.3 Å². The lowest BCUT2D eigenvalue weighted by Crippen LogP contribution is -2.05. The van der Waals surface area contributed by atoms with Crippen molar-refractivity contribution >= 4 is 39.3 Å². The normalized spacial score (nSPS) is 11.4. The van der Waals surface area contributed by atoms with E-state index in [9.17, 15) is 0 Å². The van der Waals surface area contributed by atoms with E-state index < -0.39 is 0 Å². The van der Waals surface area contributed by atoms with E-state index in [-0.39, 0.29) is 5.95 Å². The fraction of sp³-hybridized carbons (Fsp3) is 0.130. The van der Waals surface area contributed by atoms with E-state index in [0.29, 0.717) is 0 Å². The van der Waals surface area contributed by atoms with Gasteiger partial charge < -0.3 is 20.6 Å². The van der Waals surface area contributed by atoms with Gasteiger partial charge in [0.25, 0.3) is 0 Å². The van der Waals surface area contributed by atoms with Crippen LogP contribution in [-0.4, -0.2) is 19.5 Å². The monoisotopic (exact) mass is 382 g/mol. The molecule has 0 aliphatic carbocycles. The Morgan fingerprint density at radius 2 is 1.97 bits per heavy atom.